The van der Waals surface area contributed by atoms with Crippen LogP contribution in [0, 0.1) is 0 Å². The number of aromatic nitrogens is 2. The zero-order valence-electron chi connectivity index (χ0n) is 11.0. The normalized spacial score (nSPS) is 11.0. The molecule has 0 radical (unpaired) electrons. The second-order valence-corrected chi connectivity index (χ2v) is 4.83. The van der Waals surface area contributed by atoms with Crippen molar-refractivity contribution in [1.29, 1.82) is 0 Å². The van der Waals surface area contributed by atoms with Crippen LogP contribution in [0.2, 0.25) is 0 Å². The SMILES string of the molecule is c1ccc2c(-n3cccc3)ccc(-n3cccc3)c2c1. The molecule has 0 aliphatic heterocycles. The highest BCUT2D eigenvalue weighted by Crippen LogP contribution is 2.28. The molecule has 0 fully saturated rings. The van der Waals surface area contributed by atoms with Crippen molar-refractivity contribution < 1.29 is 0 Å². The largest absolute Gasteiger partial charge is 0.323 e. The van der Waals surface area contributed by atoms with Gasteiger partial charge in [0.15, 0.2) is 0 Å². The minimum atomic E-state index is 1.21. The molecule has 0 saturated carbocycles. The van der Waals surface area contributed by atoms with E-state index in [4.69, 9.17) is 0 Å². The number of benzene rings is 2. The van der Waals surface area contributed by atoms with Gasteiger partial charge in [-0.15, -0.1) is 0 Å². The summed E-state index contributed by atoms with van der Waals surface area (Å²) in [7, 11) is 0. The predicted molar refractivity (Wildman–Crippen MR) is 82.6 cm³/mol. The van der Waals surface area contributed by atoms with E-state index in [-0.39, 0.29) is 0 Å². The first kappa shape index (κ1) is 11.1. The standard InChI is InChI=1S/C18H14N2/c1-2-8-16-15(7-1)17(19-11-3-4-12-19)9-10-18(16)20-13-5-6-14-20/h1-14H. The van der Waals surface area contributed by atoms with Crippen LogP contribution in [0.4, 0.5) is 0 Å². The molecule has 0 aliphatic carbocycles. The number of hydrogen-bond donors (Lipinski definition) is 0. The average Bonchev–Trinajstić information content (AvgIpc) is 3.19. The van der Waals surface area contributed by atoms with Gasteiger partial charge in [0.1, 0.15) is 0 Å². The summed E-state index contributed by atoms with van der Waals surface area (Å²) < 4.78 is 4.31. The lowest BCUT2D eigenvalue weighted by Crippen LogP contribution is -1.96. The van der Waals surface area contributed by atoms with Crippen molar-refractivity contribution in [3.8, 4) is 11.4 Å². The lowest BCUT2D eigenvalue weighted by atomic mass is 10.1. The zero-order chi connectivity index (χ0) is 13.4. The van der Waals surface area contributed by atoms with E-state index in [1.807, 2.05) is 0 Å². The smallest absolute Gasteiger partial charge is 0.0529 e. The molecule has 4 rings (SSSR count). The monoisotopic (exact) mass is 258 g/mol. The number of hydrogen-bond acceptors (Lipinski definition) is 0. The maximum absolute atomic E-state index is 2.18. The van der Waals surface area contributed by atoms with Gasteiger partial charge in [-0.1, -0.05) is 24.3 Å². The van der Waals surface area contributed by atoms with Crippen molar-refractivity contribution in [2.45, 2.75) is 0 Å². The second kappa shape index (κ2) is 4.42. The molecule has 2 aromatic carbocycles. The maximum Gasteiger partial charge on any atom is 0.0529 e. The molecular weight excluding hydrogens is 244 g/mol. The van der Waals surface area contributed by atoms with Gasteiger partial charge >= 0.3 is 0 Å². The first-order valence-electron chi connectivity index (χ1n) is 6.72. The Bertz CT molecular complexity index is 768. The van der Waals surface area contributed by atoms with Crippen molar-refractivity contribution in [2.75, 3.05) is 0 Å². The van der Waals surface area contributed by atoms with Gasteiger partial charge in [0.25, 0.3) is 0 Å². The Kier molecular flexibility index (Phi) is 2.46. The van der Waals surface area contributed by atoms with Gasteiger partial charge in [-0.2, -0.15) is 0 Å². The van der Waals surface area contributed by atoms with Crippen molar-refractivity contribution in [3.05, 3.63) is 85.5 Å². The minimum Gasteiger partial charge on any atom is -0.323 e. The molecule has 96 valence electrons. The molecule has 0 saturated heterocycles. The van der Waals surface area contributed by atoms with Crippen LogP contribution in [0.1, 0.15) is 0 Å². The van der Waals surface area contributed by atoms with Crippen LogP contribution >= 0.6 is 0 Å². The molecule has 2 aromatic heterocycles. The summed E-state index contributed by atoms with van der Waals surface area (Å²) in [6, 6.07) is 21.1. The number of fused-ring (bicyclic) bond motifs is 1. The van der Waals surface area contributed by atoms with Crippen LogP contribution in [0.25, 0.3) is 22.1 Å². The Labute approximate surface area is 117 Å². The summed E-state index contributed by atoms with van der Waals surface area (Å²) in [6.45, 7) is 0. The molecule has 2 nitrogen and oxygen atoms in total. The minimum absolute atomic E-state index is 1.21. The van der Waals surface area contributed by atoms with Crippen LogP contribution < -0.4 is 0 Å². The third-order valence-electron chi connectivity index (χ3n) is 3.64. The van der Waals surface area contributed by atoms with E-state index in [0.29, 0.717) is 0 Å². The molecule has 0 bridgehead atoms. The first-order valence-corrected chi connectivity index (χ1v) is 6.72. The van der Waals surface area contributed by atoms with Gasteiger partial charge in [0, 0.05) is 35.6 Å². The van der Waals surface area contributed by atoms with Gasteiger partial charge in [-0.05, 0) is 36.4 Å². The lowest BCUT2D eigenvalue weighted by Gasteiger charge is -2.13. The summed E-state index contributed by atoms with van der Waals surface area (Å²) in [5.74, 6) is 0. The van der Waals surface area contributed by atoms with Gasteiger partial charge in [0.05, 0.1) is 11.4 Å². The predicted octanol–water partition coefficient (Wildman–Crippen LogP) is 4.42. The van der Waals surface area contributed by atoms with Gasteiger partial charge in [-0.25, -0.2) is 0 Å². The Hall–Kier alpha value is -2.74. The Balaban J connectivity index is 2.05. The van der Waals surface area contributed by atoms with Crippen molar-refractivity contribution in [2.24, 2.45) is 0 Å². The number of nitrogens with zero attached hydrogens (tertiary/aromatic N) is 2. The maximum atomic E-state index is 2.18. The molecule has 0 spiro atoms. The summed E-state index contributed by atoms with van der Waals surface area (Å²) in [5.41, 5.74) is 2.42. The van der Waals surface area contributed by atoms with Crippen molar-refractivity contribution in [3.63, 3.8) is 0 Å². The van der Waals surface area contributed by atoms with Crippen LogP contribution in [0.3, 0.4) is 0 Å². The molecule has 0 N–H and O–H groups in total. The third kappa shape index (κ3) is 1.66. The van der Waals surface area contributed by atoms with Crippen LogP contribution in [-0.4, -0.2) is 9.13 Å². The molecular formula is C18H14N2. The van der Waals surface area contributed by atoms with Gasteiger partial charge in [-0.3, -0.25) is 0 Å². The average molecular weight is 258 g/mol. The highest BCUT2D eigenvalue weighted by Gasteiger charge is 2.07. The van der Waals surface area contributed by atoms with Gasteiger partial charge in [0.2, 0.25) is 0 Å². The molecule has 0 atom stereocenters. The van der Waals surface area contributed by atoms with Crippen LogP contribution in [0.15, 0.2) is 85.5 Å². The lowest BCUT2D eigenvalue weighted by molar-refractivity contribution is 1.07. The van der Waals surface area contributed by atoms with E-state index < -0.39 is 0 Å². The molecule has 20 heavy (non-hydrogen) atoms. The molecule has 0 aliphatic rings. The summed E-state index contributed by atoms with van der Waals surface area (Å²) in [4.78, 5) is 0. The fourth-order valence-electron chi connectivity index (χ4n) is 2.71. The van der Waals surface area contributed by atoms with Gasteiger partial charge < -0.3 is 9.13 Å². The van der Waals surface area contributed by atoms with E-state index in [2.05, 4.69) is 94.6 Å². The van der Waals surface area contributed by atoms with E-state index in [0.717, 1.165) is 0 Å². The van der Waals surface area contributed by atoms with Crippen molar-refractivity contribution >= 4 is 10.8 Å². The summed E-state index contributed by atoms with van der Waals surface area (Å²) in [5, 5.41) is 2.52. The van der Waals surface area contributed by atoms with Crippen LogP contribution in [-0.2, 0) is 0 Å². The fraction of sp³-hybridized carbons (Fsp3) is 0. The highest BCUT2D eigenvalue weighted by molar-refractivity contribution is 5.96. The van der Waals surface area contributed by atoms with Crippen LogP contribution in [0.5, 0.6) is 0 Å². The van der Waals surface area contributed by atoms with E-state index in [1.165, 1.54) is 22.1 Å². The van der Waals surface area contributed by atoms with E-state index in [1.54, 1.807) is 0 Å². The highest BCUT2D eigenvalue weighted by atomic mass is 15.0. The zero-order valence-corrected chi connectivity index (χ0v) is 11.0. The Morgan fingerprint density at radius 1 is 0.450 bits per heavy atom. The summed E-state index contributed by atoms with van der Waals surface area (Å²) in [6.07, 6.45) is 8.32. The third-order valence-corrected chi connectivity index (χ3v) is 3.64. The first-order chi connectivity index (χ1) is 9.93. The topological polar surface area (TPSA) is 9.86 Å². The quantitative estimate of drug-likeness (QED) is 0.503. The molecule has 4 aromatic rings. The second-order valence-electron chi connectivity index (χ2n) is 4.83. The van der Waals surface area contributed by atoms with E-state index in [9.17, 15) is 0 Å². The van der Waals surface area contributed by atoms with E-state index >= 15 is 0 Å². The summed E-state index contributed by atoms with van der Waals surface area (Å²) >= 11 is 0. The molecule has 2 heteroatoms. The Morgan fingerprint density at radius 2 is 0.850 bits per heavy atom. The molecule has 0 unspecified atom stereocenters. The molecule has 0 amide bonds. The Morgan fingerprint density at radius 3 is 1.25 bits per heavy atom. The molecule has 2 heterocycles. The fourth-order valence-corrected chi connectivity index (χ4v) is 2.71. The van der Waals surface area contributed by atoms with Crippen molar-refractivity contribution in [1.82, 2.24) is 9.13 Å². The number of rotatable bonds is 2.